The van der Waals surface area contributed by atoms with E-state index < -0.39 is 6.04 Å². The van der Waals surface area contributed by atoms with Crippen LogP contribution in [-0.4, -0.2) is 42.5 Å². The smallest absolute Gasteiger partial charge is 0.261 e. The highest BCUT2D eigenvalue weighted by Crippen LogP contribution is 2.31. The Morgan fingerprint density at radius 2 is 1.76 bits per heavy atom. The Morgan fingerprint density at radius 1 is 1.08 bits per heavy atom. The van der Waals surface area contributed by atoms with Crippen molar-refractivity contribution >= 4 is 27.7 Å². The largest absolute Gasteiger partial charge is 0.497 e. The fourth-order valence-electron chi connectivity index (χ4n) is 4.70. The predicted molar refractivity (Wildman–Crippen MR) is 151 cm³/mol. The van der Waals surface area contributed by atoms with E-state index in [1.54, 1.807) is 12.0 Å². The van der Waals surface area contributed by atoms with E-state index in [0.29, 0.717) is 18.7 Å². The Hall–Kier alpha value is -2.54. The molecule has 6 nitrogen and oxygen atoms in total. The zero-order chi connectivity index (χ0) is 27.0. The number of amides is 2. The average Bonchev–Trinajstić information content (AvgIpc) is 2.88. The van der Waals surface area contributed by atoms with Gasteiger partial charge in [0.05, 0.1) is 11.6 Å². The lowest BCUT2D eigenvalue weighted by Crippen LogP contribution is -2.52. The van der Waals surface area contributed by atoms with Gasteiger partial charge in [-0.2, -0.15) is 0 Å². The van der Waals surface area contributed by atoms with E-state index in [1.807, 2.05) is 49.4 Å². The molecule has 0 bridgehead atoms. The summed E-state index contributed by atoms with van der Waals surface area (Å²) in [6, 6.07) is 13.1. The molecule has 1 aliphatic rings. The topological polar surface area (TPSA) is 67.9 Å². The van der Waals surface area contributed by atoms with Crippen molar-refractivity contribution in [2.45, 2.75) is 90.3 Å². The first-order valence-corrected chi connectivity index (χ1v) is 14.1. The van der Waals surface area contributed by atoms with Gasteiger partial charge in [-0.3, -0.25) is 9.59 Å². The van der Waals surface area contributed by atoms with Gasteiger partial charge in [-0.25, -0.2) is 0 Å². The SMILES string of the molecule is CC[C@@H](C(=O)NC1CCCCC1)N(Cc1ccc(OC)cc1)C(=O)COc1ccc(C(C)(C)C)cc1Br. The molecule has 0 saturated heterocycles. The molecule has 1 N–H and O–H groups in total. The van der Waals surface area contributed by atoms with Crippen LogP contribution in [0.4, 0.5) is 0 Å². The maximum atomic E-state index is 13.6. The minimum atomic E-state index is -0.577. The van der Waals surface area contributed by atoms with Crippen molar-refractivity contribution in [2.24, 2.45) is 0 Å². The van der Waals surface area contributed by atoms with Gasteiger partial charge in [-0.1, -0.05) is 65.2 Å². The number of benzene rings is 2. The van der Waals surface area contributed by atoms with Crippen LogP contribution in [0.3, 0.4) is 0 Å². The second-order valence-corrected chi connectivity index (χ2v) is 11.7. The zero-order valence-corrected chi connectivity index (χ0v) is 24.4. The number of nitrogens with zero attached hydrogens (tertiary/aromatic N) is 1. The first-order valence-electron chi connectivity index (χ1n) is 13.3. The summed E-state index contributed by atoms with van der Waals surface area (Å²) in [6.07, 6.45) is 5.99. The van der Waals surface area contributed by atoms with Gasteiger partial charge >= 0.3 is 0 Å². The summed E-state index contributed by atoms with van der Waals surface area (Å²) in [7, 11) is 1.62. The second-order valence-electron chi connectivity index (χ2n) is 10.8. The molecule has 0 radical (unpaired) electrons. The van der Waals surface area contributed by atoms with Crippen LogP contribution in [0.1, 0.15) is 77.3 Å². The van der Waals surface area contributed by atoms with Gasteiger partial charge in [0, 0.05) is 12.6 Å². The van der Waals surface area contributed by atoms with Crippen molar-refractivity contribution in [3.8, 4) is 11.5 Å². The Morgan fingerprint density at radius 3 is 2.32 bits per heavy atom. The summed E-state index contributed by atoms with van der Waals surface area (Å²) in [5, 5.41) is 3.21. The summed E-state index contributed by atoms with van der Waals surface area (Å²) >= 11 is 3.59. The van der Waals surface area contributed by atoms with Crippen LogP contribution in [0.5, 0.6) is 11.5 Å². The fourth-order valence-corrected chi connectivity index (χ4v) is 5.19. The number of nitrogens with one attached hydrogen (secondary N) is 1. The maximum Gasteiger partial charge on any atom is 0.261 e. The molecular formula is C30H41BrN2O4. The molecule has 202 valence electrons. The standard InChI is InChI=1S/C30H41BrN2O4/c1-6-26(29(35)32-23-10-8-7-9-11-23)33(19-21-12-15-24(36-5)16-13-21)28(34)20-37-27-17-14-22(18-25(27)31)30(2,3)4/h12-18,23,26H,6-11,19-20H2,1-5H3,(H,32,35)/t26-/m0/s1. The number of rotatable bonds is 10. The number of carbonyl (C=O) groups excluding carboxylic acids is 2. The highest BCUT2D eigenvalue weighted by molar-refractivity contribution is 9.10. The average molecular weight is 574 g/mol. The van der Waals surface area contributed by atoms with Crippen LogP contribution in [0.2, 0.25) is 0 Å². The first kappa shape index (κ1) is 29.0. The van der Waals surface area contributed by atoms with E-state index in [1.165, 1.54) is 12.0 Å². The lowest BCUT2D eigenvalue weighted by molar-refractivity contribution is -0.143. The summed E-state index contributed by atoms with van der Waals surface area (Å²) in [5.41, 5.74) is 2.10. The van der Waals surface area contributed by atoms with Gasteiger partial charge < -0.3 is 19.7 Å². The molecule has 0 spiro atoms. The third kappa shape index (κ3) is 8.22. The van der Waals surface area contributed by atoms with Crippen molar-refractivity contribution in [1.82, 2.24) is 10.2 Å². The summed E-state index contributed by atoms with van der Waals surface area (Å²) in [5.74, 6) is 1.03. The molecule has 1 aliphatic carbocycles. The number of hydrogen-bond acceptors (Lipinski definition) is 4. The monoisotopic (exact) mass is 572 g/mol. The number of methoxy groups -OCH3 is 1. The van der Waals surface area contributed by atoms with Crippen molar-refractivity contribution in [3.63, 3.8) is 0 Å². The van der Waals surface area contributed by atoms with E-state index in [2.05, 4.69) is 42.0 Å². The van der Waals surface area contributed by atoms with Gasteiger partial charge in [0.25, 0.3) is 5.91 Å². The van der Waals surface area contributed by atoms with Crippen molar-refractivity contribution in [3.05, 3.63) is 58.1 Å². The number of halogens is 1. The third-order valence-electron chi connectivity index (χ3n) is 7.00. The van der Waals surface area contributed by atoms with Crippen LogP contribution < -0.4 is 14.8 Å². The molecule has 1 saturated carbocycles. The highest BCUT2D eigenvalue weighted by Gasteiger charge is 2.30. The molecule has 2 aromatic rings. The van der Waals surface area contributed by atoms with Crippen molar-refractivity contribution in [1.29, 1.82) is 0 Å². The Kier molecular flexibility index (Phi) is 10.4. The van der Waals surface area contributed by atoms with Gasteiger partial charge in [-0.05, 0) is 76.0 Å². The molecular weight excluding hydrogens is 532 g/mol. The van der Waals surface area contributed by atoms with Gasteiger partial charge in [0.15, 0.2) is 6.61 Å². The van der Waals surface area contributed by atoms with E-state index in [0.717, 1.165) is 41.5 Å². The minimum absolute atomic E-state index is 0.00603. The molecule has 0 heterocycles. The Balaban J connectivity index is 1.77. The number of carbonyl (C=O) groups is 2. The van der Waals surface area contributed by atoms with Crippen LogP contribution in [0.15, 0.2) is 46.9 Å². The van der Waals surface area contributed by atoms with Gasteiger partial charge in [0.1, 0.15) is 17.5 Å². The molecule has 0 unspecified atom stereocenters. The van der Waals surface area contributed by atoms with Crippen LogP contribution in [0.25, 0.3) is 0 Å². The quantitative estimate of drug-likeness (QED) is 0.358. The first-order chi connectivity index (χ1) is 17.6. The van der Waals surface area contributed by atoms with E-state index in [9.17, 15) is 9.59 Å². The summed E-state index contributed by atoms with van der Waals surface area (Å²) < 4.78 is 12.0. The lowest BCUT2D eigenvalue weighted by atomic mass is 9.87. The van der Waals surface area contributed by atoms with Crippen molar-refractivity contribution < 1.29 is 19.1 Å². The third-order valence-corrected chi connectivity index (χ3v) is 7.62. The Bertz CT molecular complexity index is 1040. The predicted octanol–water partition coefficient (Wildman–Crippen LogP) is 6.39. The number of ether oxygens (including phenoxy) is 2. The highest BCUT2D eigenvalue weighted by atomic mass is 79.9. The molecule has 0 aromatic heterocycles. The van der Waals surface area contributed by atoms with Gasteiger partial charge in [-0.15, -0.1) is 0 Å². The van der Waals surface area contributed by atoms with Crippen LogP contribution >= 0.6 is 15.9 Å². The van der Waals surface area contributed by atoms with Crippen LogP contribution in [-0.2, 0) is 21.5 Å². The lowest BCUT2D eigenvalue weighted by Gasteiger charge is -2.32. The molecule has 0 aliphatic heterocycles. The molecule has 2 amide bonds. The molecule has 7 heteroatoms. The van der Waals surface area contributed by atoms with Crippen molar-refractivity contribution in [2.75, 3.05) is 13.7 Å². The molecule has 2 aromatic carbocycles. The van der Waals surface area contributed by atoms with E-state index >= 15 is 0 Å². The molecule has 3 rings (SSSR count). The summed E-state index contributed by atoms with van der Waals surface area (Å²) in [6.45, 7) is 8.56. The minimum Gasteiger partial charge on any atom is -0.497 e. The van der Waals surface area contributed by atoms with Crippen LogP contribution in [0, 0.1) is 0 Å². The molecule has 37 heavy (non-hydrogen) atoms. The summed E-state index contributed by atoms with van der Waals surface area (Å²) in [4.78, 5) is 28.6. The normalized spacial score (nSPS) is 15.1. The van der Waals surface area contributed by atoms with Gasteiger partial charge in [0.2, 0.25) is 5.91 Å². The number of hydrogen-bond donors (Lipinski definition) is 1. The zero-order valence-electron chi connectivity index (χ0n) is 22.8. The maximum absolute atomic E-state index is 13.6. The van der Waals surface area contributed by atoms with E-state index in [4.69, 9.17) is 9.47 Å². The van der Waals surface area contributed by atoms with E-state index in [-0.39, 0.29) is 29.9 Å². The fraction of sp³-hybridized carbons (Fsp3) is 0.533. The Labute approximate surface area is 230 Å². The second kappa shape index (κ2) is 13.3. The molecule has 1 fully saturated rings. The molecule has 1 atom stereocenters.